The Balaban J connectivity index is 1.69. The van der Waals surface area contributed by atoms with E-state index in [0.29, 0.717) is 21.5 Å². The Bertz CT molecular complexity index is 1270. The first-order valence-electron chi connectivity index (χ1n) is 8.01. The van der Waals surface area contributed by atoms with Crippen LogP contribution in [0.15, 0.2) is 46.2 Å². The first-order valence-corrected chi connectivity index (χ1v) is 9.27. The molecule has 6 nitrogen and oxygen atoms in total. The van der Waals surface area contributed by atoms with Crippen LogP contribution in [0.25, 0.3) is 21.5 Å². The molecule has 0 fully saturated rings. The number of carboxylic acids is 1. The van der Waals surface area contributed by atoms with Gasteiger partial charge in [-0.15, -0.1) is 11.3 Å². The Morgan fingerprint density at radius 2 is 1.90 bits per heavy atom. The highest BCUT2D eigenvalue weighted by molar-refractivity contribution is 7.14. The topological polar surface area (TPSA) is 92.4 Å². The van der Waals surface area contributed by atoms with E-state index in [0.717, 1.165) is 17.4 Å². The smallest absolute Gasteiger partial charge is 0.339 e. The molecule has 2 heterocycles. The van der Waals surface area contributed by atoms with Gasteiger partial charge in [0.1, 0.15) is 16.9 Å². The molecule has 0 aliphatic heterocycles. The van der Waals surface area contributed by atoms with Crippen molar-refractivity contribution >= 4 is 51.6 Å². The molecule has 4 rings (SSSR count). The minimum absolute atomic E-state index is 0.0198. The summed E-state index contributed by atoms with van der Waals surface area (Å²) in [4.78, 5) is 28.4. The monoisotopic (exact) mass is 434 g/mol. The molecule has 0 spiro atoms. The second kappa shape index (κ2) is 7.26. The quantitative estimate of drug-likeness (QED) is 0.446. The van der Waals surface area contributed by atoms with E-state index in [1.807, 2.05) is 0 Å². The minimum Gasteiger partial charge on any atom is -0.478 e. The van der Waals surface area contributed by atoms with E-state index in [9.17, 15) is 23.5 Å². The summed E-state index contributed by atoms with van der Waals surface area (Å²) in [5.41, 5.74) is -0.0393. The van der Waals surface area contributed by atoms with Crippen LogP contribution in [0.5, 0.6) is 0 Å². The number of benzene rings is 2. The number of halogens is 3. The van der Waals surface area contributed by atoms with E-state index >= 15 is 0 Å². The molecule has 0 radical (unpaired) electrons. The largest absolute Gasteiger partial charge is 0.478 e. The van der Waals surface area contributed by atoms with Crippen LogP contribution < -0.4 is 5.32 Å². The van der Waals surface area contributed by atoms with Gasteiger partial charge in [-0.05, 0) is 17.7 Å². The molecule has 0 saturated carbocycles. The number of carboxylic acid groups (broad SMARTS) is 1. The molecule has 0 aliphatic rings. The number of carbonyl (C=O) groups excluding carboxylic acids is 1. The van der Waals surface area contributed by atoms with Crippen molar-refractivity contribution in [2.45, 2.75) is 0 Å². The molecule has 10 heteroatoms. The Labute approximate surface area is 170 Å². The predicted molar refractivity (Wildman–Crippen MR) is 104 cm³/mol. The zero-order valence-corrected chi connectivity index (χ0v) is 15.8. The van der Waals surface area contributed by atoms with Gasteiger partial charge in [0, 0.05) is 22.5 Å². The number of rotatable bonds is 4. The van der Waals surface area contributed by atoms with Crippen LogP contribution in [0.4, 0.5) is 14.5 Å². The van der Waals surface area contributed by atoms with Crippen LogP contribution in [-0.2, 0) is 0 Å². The molecule has 2 aromatic heterocycles. The third-order valence-electron chi connectivity index (χ3n) is 3.97. The number of nitrogens with zero attached hydrogens (tertiary/aromatic N) is 1. The van der Waals surface area contributed by atoms with E-state index in [1.165, 1.54) is 5.38 Å². The number of nitrogens with one attached hydrogen (secondary N) is 1. The number of thiophene rings is 1. The fourth-order valence-corrected chi connectivity index (χ4v) is 3.83. The van der Waals surface area contributed by atoms with Gasteiger partial charge in [0.05, 0.1) is 10.6 Å². The lowest BCUT2D eigenvalue weighted by molar-refractivity contribution is 0.0699. The lowest BCUT2D eigenvalue weighted by Gasteiger charge is -2.04. The Morgan fingerprint density at radius 3 is 2.59 bits per heavy atom. The normalized spacial score (nSPS) is 11.0. The van der Waals surface area contributed by atoms with E-state index < -0.39 is 29.4 Å². The molecule has 0 atom stereocenters. The maximum atomic E-state index is 13.8. The number of aromatic carboxylic acids is 1. The van der Waals surface area contributed by atoms with Crippen molar-refractivity contribution in [3.8, 4) is 10.4 Å². The van der Waals surface area contributed by atoms with Gasteiger partial charge in [-0.3, -0.25) is 4.79 Å². The second-order valence-corrected chi connectivity index (χ2v) is 7.19. The highest BCUT2D eigenvalue weighted by atomic mass is 35.5. The molecule has 4 aromatic rings. The maximum Gasteiger partial charge on any atom is 0.339 e. The fraction of sp³-hybridized carbons (Fsp3) is 0. The summed E-state index contributed by atoms with van der Waals surface area (Å²) < 4.78 is 32.2. The second-order valence-electron chi connectivity index (χ2n) is 5.87. The van der Waals surface area contributed by atoms with Gasteiger partial charge in [0.25, 0.3) is 5.89 Å². The Kier molecular flexibility index (Phi) is 4.77. The summed E-state index contributed by atoms with van der Waals surface area (Å²) in [5, 5.41) is 14.0. The molecule has 146 valence electrons. The predicted octanol–water partition coefficient (Wildman–Crippen LogP) is 5.44. The Hall–Kier alpha value is -3.30. The standard InChI is InChI=1S/C19H9ClF2N2O4S/c20-9-3-1-8(2-4-9)16-14(19(26)27)12(7-29-16)23-17(25)18-24-15-11(22)5-10(21)6-13(15)28-18/h1-7H,(H,23,25)(H,26,27). The van der Waals surface area contributed by atoms with E-state index in [2.05, 4.69) is 10.3 Å². The molecule has 2 N–H and O–H groups in total. The highest BCUT2D eigenvalue weighted by Crippen LogP contribution is 2.36. The highest BCUT2D eigenvalue weighted by Gasteiger charge is 2.24. The summed E-state index contributed by atoms with van der Waals surface area (Å²) in [5.74, 6) is -4.53. The van der Waals surface area contributed by atoms with Crippen LogP contribution >= 0.6 is 22.9 Å². The average Bonchev–Trinajstić information content (AvgIpc) is 3.27. The summed E-state index contributed by atoms with van der Waals surface area (Å²) in [6.07, 6.45) is 0. The van der Waals surface area contributed by atoms with Crippen molar-refractivity contribution in [1.29, 1.82) is 0 Å². The molecule has 0 aliphatic carbocycles. The average molecular weight is 435 g/mol. The van der Waals surface area contributed by atoms with Gasteiger partial charge in [-0.2, -0.15) is 0 Å². The summed E-state index contributed by atoms with van der Waals surface area (Å²) in [7, 11) is 0. The lowest BCUT2D eigenvalue weighted by atomic mass is 10.1. The van der Waals surface area contributed by atoms with Crippen molar-refractivity contribution in [1.82, 2.24) is 4.98 Å². The van der Waals surface area contributed by atoms with Crippen molar-refractivity contribution in [3.05, 3.63) is 69.9 Å². The van der Waals surface area contributed by atoms with Gasteiger partial charge < -0.3 is 14.8 Å². The third-order valence-corrected chi connectivity index (χ3v) is 5.25. The van der Waals surface area contributed by atoms with Gasteiger partial charge in [0.15, 0.2) is 11.4 Å². The molecule has 1 amide bonds. The number of hydrogen-bond donors (Lipinski definition) is 2. The van der Waals surface area contributed by atoms with Gasteiger partial charge >= 0.3 is 11.9 Å². The third kappa shape index (κ3) is 3.57. The van der Waals surface area contributed by atoms with Gasteiger partial charge in [0.2, 0.25) is 0 Å². The van der Waals surface area contributed by atoms with Crippen LogP contribution in [0.3, 0.4) is 0 Å². The van der Waals surface area contributed by atoms with Crippen LogP contribution in [-0.4, -0.2) is 22.0 Å². The molecule has 0 bridgehead atoms. The van der Waals surface area contributed by atoms with Crippen molar-refractivity contribution in [3.63, 3.8) is 0 Å². The van der Waals surface area contributed by atoms with Gasteiger partial charge in [-0.1, -0.05) is 23.7 Å². The van der Waals surface area contributed by atoms with E-state index in [1.54, 1.807) is 24.3 Å². The van der Waals surface area contributed by atoms with E-state index in [4.69, 9.17) is 16.0 Å². The summed E-state index contributed by atoms with van der Waals surface area (Å²) in [6.45, 7) is 0. The van der Waals surface area contributed by atoms with Crippen LogP contribution in [0, 0.1) is 11.6 Å². The SMILES string of the molecule is O=C(Nc1csc(-c2ccc(Cl)cc2)c1C(=O)O)c1nc2c(F)cc(F)cc2o1. The molecule has 0 saturated heterocycles. The minimum atomic E-state index is -1.25. The summed E-state index contributed by atoms with van der Waals surface area (Å²) in [6, 6.07) is 8.06. The number of carbonyl (C=O) groups is 2. The number of hydrogen-bond acceptors (Lipinski definition) is 5. The zero-order chi connectivity index (χ0) is 20.7. The fourth-order valence-electron chi connectivity index (χ4n) is 2.71. The number of fused-ring (bicyclic) bond motifs is 1. The van der Waals surface area contributed by atoms with Crippen molar-refractivity contribution in [2.75, 3.05) is 5.32 Å². The zero-order valence-electron chi connectivity index (χ0n) is 14.2. The van der Waals surface area contributed by atoms with E-state index in [-0.39, 0.29) is 22.4 Å². The number of oxazole rings is 1. The molecule has 29 heavy (non-hydrogen) atoms. The number of amides is 1. The number of anilines is 1. The first-order chi connectivity index (χ1) is 13.8. The van der Waals surface area contributed by atoms with Crippen LogP contribution in [0.2, 0.25) is 5.02 Å². The van der Waals surface area contributed by atoms with Crippen molar-refractivity contribution < 1.29 is 27.9 Å². The van der Waals surface area contributed by atoms with Crippen molar-refractivity contribution in [2.24, 2.45) is 0 Å². The Morgan fingerprint density at radius 1 is 1.17 bits per heavy atom. The first kappa shape index (κ1) is 19.0. The van der Waals surface area contributed by atoms with Crippen LogP contribution in [0.1, 0.15) is 21.0 Å². The summed E-state index contributed by atoms with van der Waals surface area (Å²) >= 11 is 6.97. The number of aromatic nitrogens is 1. The molecular weight excluding hydrogens is 426 g/mol. The molecular formula is C19H9ClF2N2O4S. The maximum absolute atomic E-state index is 13.8. The van der Waals surface area contributed by atoms with Gasteiger partial charge in [-0.25, -0.2) is 18.6 Å². The lowest BCUT2D eigenvalue weighted by Crippen LogP contribution is -2.14. The molecule has 0 unspecified atom stereocenters. The molecule has 2 aromatic carbocycles.